The van der Waals surface area contributed by atoms with Gasteiger partial charge in [0.25, 0.3) is 11.6 Å². The normalized spacial score (nSPS) is 10.4. The molecule has 1 heterocycles. The minimum absolute atomic E-state index is 0.00767. The highest BCUT2D eigenvalue weighted by molar-refractivity contribution is 6.34. The number of carbonyl (C=O) groups is 1. The van der Waals surface area contributed by atoms with Crippen LogP contribution in [0.4, 0.5) is 28.8 Å². The number of nitro groups is 1. The third kappa shape index (κ3) is 5.00. The molecular formula is C20H19ClN6O3. The lowest BCUT2D eigenvalue weighted by Gasteiger charge is -2.14. The van der Waals surface area contributed by atoms with E-state index < -0.39 is 10.8 Å². The summed E-state index contributed by atoms with van der Waals surface area (Å²) in [7, 11) is 3.81. The van der Waals surface area contributed by atoms with E-state index in [1.165, 1.54) is 12.1 Å². The van der Waals surface area contributed by atoms with Crippen LogP contribution >= 0.6 is 11.6 Å². The first kappa shape index (κ1) is 21.0. The van der Waals surface area contributed by atoms with E-state index in [4.69, 9.17) is 11.6 Å². The number of anilines is 4. The Hall–Kier alpha value is -3.72. The molecule has 0 atom stereocenters. The topological polar surface area (TPSA) is 113 Å². The predicted molar refractivity (Wildman–Crippen MR) is 117 cm³/mol. The number of hydrogen-bond acceptors (Lipinski definition) is 7. The lowest BCUT2D eigenvalue weighted by atomic mass is 10.2. The summed E-state index contributed by atoms with van der Waals surface area (Å²) in [6, 6.07) is 12.5. The van der Waals surface area contributed by atoms with Crippen LogP contribution in [-0.2, 0) is 0 Å². The van der Waals surface area contributed by atoms with Crippen LogP contribution < -0.4 is 15.5 Å². The third-order valence-corrected chi connectivity index (χ3v) is 4.42. The van der Waals surface area contributed by atoms with E-state index in [1.54, 1.807) is 24.3 Å². The van der Waals surface area contributed by atoms with Crippen molar-refractivity contribution in [1.82, 2.24) is 9.97 Å². The minimum atomic E-state index is -0.571. The molecule has 0 fully saturated rings. The number of benzene rings is 2. The average Bonchev–Trinajstić information content (AvgIpc) is 2.68. The zero-order chi connectivity index (χ0) is 21.8. The highest BCUT2D eigenvalue weighted by atomic mass is 35.5. The standard InChI is InChI=1S/C20H19ClN6O3/c1-12-10-18(26(2)3)25-20(22-12)24-14-6-4-13(5-7-14)23-19(28)16-9-8-15(27(29)30)11-17(16)21/h4-11H,1-3H3,(H,23,28)(H,22,24,25). The van der Waals surface area contributed by atoms with Crippen molar-refractivity contribution in [2.45, 2.75) is 6.92 Å². The summed E-state index contributed by atoms with van der Waals surface area (Å²) in [5, 5.41) is 16.6. The molecule has 2 aromatic carbocycles. The smallest absolute Gasteiger partial charge is 0.270 e. The predicted octanol–water partition coefficient (Wildman–Crippen LogP) is 4.41. The summed E-state index contributed by atoms with van der Waals surface area (Å²) in [4.78, 5) is 33.3. The van der Waals surface area contributed by atoms with E-state index >= 15 is 0 Å². The molecule has 0 saturated heterocycles. The van der Waals surface area contributed by atoms with Crippen molar-refractivity contribution >= 4 is 46.3 Å². The van der Waals surface area contributed by atoms with Gasteiger partial charge in [0.05, 0.1) is 15.5 Å². The number of halogens is 1. The largest absolute Gasteiger partial charge is 0.363 e. The van der Waals surface area contributed by atoms with Crippen molar-refractivity contribution < 1.29 is 9.72 Å². The van der Waals surface area contributed by atoms with Crippen molar-refractivity contribution in [2.24, 2.45) is 0 Å². The summed E-state index contributed by atoms with van der Waals surface area (Å²) in [6.07, 6.45) is 0. The maximum Gasteiger partial charge on any atom is 0.270 e. The van der Waals surface area contributed by atoms with Gasteiger partial charge in [0.1, 0.15) is 5.82 Å². The first-order valence-electron chi connectivity index (χ1n) is 8.88. The molecule has 154 valence electrons. The maximum atomic E-state index is 12.4. The van der Waals surface area contributed by atoms with Crippen LogP contribution in [0.25, 0.3) is 0 Å². The number of nitro benzene ring substituents is 1. The van der Waals surface area contributed by atoms with E-state index in [0.29, 0.717) is 11.6 Å². The number of non-ortho nitro benzene ring substituents is 1. The Morgan fingerprint density at radius 3 is 2.33 bits per heavy atom. The van der Waals surface area contributed by atoms with Crippen LogP contribution in [0.3, 0.4) is 0 Å². The van der Waals surface area contributed by atoms with Gasteiger partial charge in [-0.25, -0.2) is 4.98 Å². The van der Waals surface area contributed by atoms with Gasteiger partial charge < -0.3 is 15.5 Å². The molecule has 0 aliphatic heterocycles. The average molecular weight is 427 g/mol. The molecule has 10 heteroatoms. The zero-order valence-corrected chi connectivity index (χ0v) is 17.3. The molecule has 0 bridgehead atoms. The molecule has 1 aromatic heterocycles. The van der Waals surface area contributed by atoms with Gasteiger partial charge in [0.2, 0.25) is 5.95 Å². The van der Waals surface area contributed by atoms with Crippen molar-refractivity contribution in [2.75, 3.05) is 29.6 Å². The van der Waals surface area contributed by atoms with Crippen LogP contribution in [0.5, 0.6) is 0 Å². The molecule has 0 spiro atoms. The fraction of sp³-hybridized carbons (Fsp3) is 0.150. The van der Waals surface area contributed by atoms with Gasteiger partial charge in [-0.15, -0.1) is 0 Å². The van der Waals surface area contributed by atoms with Crippen molar-refractivity contribution in [3.05, 3.63) is 74.9 Å². The SMILES string of the molecule is Cc1cc(N(C)C)nc(Nc2ccc(NC(=O)c3ccc([N+](=O)[O-])cc3Cl)cc2)n1. The summed E-state index contributed by atoms with van der Waals surface area (Å²) < 4.78 is 0. The van der Waals surface area contributed by atoms with Gasteiger partial charge in [-0.2, -0.15) is 4.98 Å². The quantitative estimate of drug-likeness (QED) is 0.443. The third-order valence-electron chi connectivity index (χ3n) is 4.11. The first-order valence-corrected chi connectivity index (χ1v) is 9.26. The van der Waals surface area contributed by atoms with E-state index in [0.717, 1.165) is 23.3 Å². The van der Waals surface area contributed by atoms with E-state index in [9.17, 15) is 14.9 Å². The Morgan fingerprint density at radius 2 is 1.73 bits per heavy atom. The Labute approximate surface area is 177 Å². The second-order valence-electron chi connectivity index (χ2n) is 6.66. The Kier molecular flexibility index (Phi) is 6.12. The van der Waals surface area contributed by atoms with Crippen molar-refractivity contribution in [3.8, 4) is 0 Å². The number of hydrogen-bond donors (Lipinski definition) is 2. The van der Waals surface area contributed by atoms with Crippen molar-refractivity contribution in [3.63, 3.8) is 0 Å². The monoisotopic (exact) mass is 426 g/mol. The molecule has 0 unspecified atom stereocenters. The number of amides is 1. The molecule has 3 rings (SSSR count). The first-order chi connectivity index (χ1) is 14.2. The van der Waals surface area contributed by atoms with Gasteiger partial charge >= 0.3 is 0 Å². The lowest BCUT2D eigenvalue weighted by molar-refractivity contribution is -0.384. The molecule has 30 heavy (non-hydrogen) atoms. The number of carbonyl (C=O) groups excluding carboxylic acids is 1. The second kappa shape index (κ2) is 8.75. The fourth-order valence-corrected chi connectivity index (χ4v) is 2.86. The molecule has 2 N–H and O–H groups in total. The van der Waals surface area contributed by atoms with Gasteiger partial charge in [-0.1, -0.05) is 11.6 Å². The molecule has 0 saturated carbocycles. The number of aryl methyl sites for hydroxylation is 1. The van der Waals surface area contributed by atoms with Gasteiger partial charge in [0.15, 0.2) is 0 Å². The van der Waals surface area contributed by atoms with E-state index in [2.05, 4.69) is 20.6 Å². The molecule has 0 aliphatic carbocycles. The number of aromatic nitrogens is 2. The minimum Gasteiger partial charge on any atom is -0.363 e. The van der Waals surface area contributed by atoms with Crippen LogP contribution in [0.15, 0.2) is 48.5 Å². The zero-order valence-electron chi connectivity index (χ0n) is 16.5. The fourth-order valence-electron chi connectivity index (χ4n) is 2.60. The molecular weight excluding hydrogens is 408 g/mol. The maximum absolute atomic E-state index is 12.4. The molecule has 1 amide bonds. The van der Waals surface area contributed by atoms with E-state index in [1.807, 2.05) is 32.0 Å². The lowest BCUT2D eigenvalue weighted by Crippen LogP contribution is -2.13. The molecule has 3 aromatic rings. The number of rotatable bonds is 6. The summed E-state index contributed by atoms with van der Waals surface area (Å²) >= 11 is 6.01. The van der Waals surface area contributed by atoms with Gasteiger partial charge in [-0.3, -0.25) is 14.9 Å². The molecule has 0 aliphatic rings. The molecule has 0 radical (unpaired) electrons. The molecule has 9 nitrogen and oxygen atoms in total. The number of nitrogens with zero attached hydrogens (tertiary/aromatic N) is 4. The Balaban J connectivity index is 1.70. The Morgan fingerprint density at radius 1 is 1.07 bits per heavy atom. The highest BCUT2D eigenvalue weighted by Gasteiger charge is 2.15. The second-order valence-corrected chi connectivity index (χ2v) is 7.07. The van der Waals surface area contributed by atoms with Crippen LogP contribution in [0.1, 0.15) is 16.1 Å². The van der Waals surface area contributed by atoms with E-state index in [-0.39, 0.29) is 16.3 Å². The van der Waals surface area contributed by atoms with Crippen LogP contribution in [0.2, 0.25) is 5.02 Å². The summed E-state index contributed by atoms with van der Waals surface area (Å²) in [6.45, 7) is 1.89. The van der Waals surface area contributed by atoms with Gasteiger partial charge in [-0.05, 0) is 37.3 Å². The Bertz CT molecular complexity index is 1100. The highest BCUT2D eigenvalue weighted by Crippen LogP contribution is 2.24. The van der Waals surface area contributed by atoms with Crippen molar-refractivity contribution in [1.29, 1.82) is 0 Å². The summed E-state index contributed by atoms with van der Waals surface area (Å²) in [5.41, 5.74) is 2.09. The van der Waals surface area contributed by atoms with Crippen LogP contribution in [-0.4, -0.2) is 34.9 Å². The van der Waals surface area contributed by atoms with Gasteiger partial charge in [0, 0.05) is 49.4 Å². The summed E-state index contributed by atoms with van der Waals surface area (Å²) in [5.74, 6) is 0.787. The van der Waals surface area contributed by atoms with Crippen LogP contribution in [0, 0.1) is 17.0 Å². The number of nitrogens with one attached hydrogen (secondary N) is 2.